The van der Waals surface area contributed by atoms with Gasteiger partial charge in [-0.25, -0.2) is 9.78 Å². The lowest BCUT2D eigenvalue weighted by molar-refractivity contribution is -0.00853. The molecule has 2 aliphatic rings. The lowest BCUT2D eigenvalue weighted by Crippen LogP contribution is -2.51. The number of ether oxygens (including phenoxy) is 3. The van der Waals surface area contributed by atoms with E-state index in [1.807, 2.05) is 23.1 Å². The second-order valence-electron chi connectivity index (χ2n) is 9.96. The number of benzene rings is 2. The summed E-state index contributed by atoms with van der Waals surface area (Å²) in [7, 11) is 3.09. The molecule has 2 fully saturated rings. The van der Waals surface area contributed by atoms with Crippen molar-refractivity contribution >= 4 is 22.9 Å². The topological polar surface area (TPSA) is 106 Å². The summed E-state index contributed by atoms with van der Waals surface area (Å²) in [5.74, 6) is 1.49. The molecule has 0 unspecified atom stereocenters. The first-order valence-electron chi connectivity index (χ1n) is 12.9. The van der Waals surface area contributed by atoms with Crippen LogP contribution in [0, 0.1) is 0 Å². The number of aromatic nitrogens is 2. The Morgan fingerprint density at radius 2 is 1.76 bits per heavy atom. The van der Waals surface area contributed by atoms with Crippen molar-refractivity contribution in [2.75, 3.05) is 32.2 Å². The lowest BCUT2D eigenvalue weighted by Gasteiger charge is -2.41. The summed E-state index contributed by atoms with van der Waals surface area (Å²) in [6, 6.07) is 13.7. The maximum atomic E-state index is 12.9. The number of nitrogens with zero attached hydrogens (tertiary/aromatic N) is 2. The zero-order valence-corrected chi connectivity index (χ0v) is 21.4. The van der Waals surface area contributed by atoms with Gasteiger partial charge in [-0.05, 0) is 24.5 Å². The molecule has 37 heavy (non-hydrogen) atoms. The molecule has 3 aromatic rings. The van der Waals surface area contributed by atoms with E-state index < -0.39 is 5.60 Å². The standard InChI is InChI=1S/C28H34N4O5/c1-35-23-16-21-22(17-24(23)36-2)30-26(31-25(21)33)32-14-12-28(13-15-32,18-19-8-4-3-5-9-19)37-27(34)29-20-10-6-7-11-20/h3-5,8-9,16-17,20H,6-7,10-15,18H2,1-2H3,(H,29,34)(H,30,31,33). The number of hydrogen-bond donors (Lipinski definition) is 2. The van der Waals surface area contributed by atoms with Gasteiger partial charge in [0.2, 0.25) is 5.95 Å². The van der Waals surface area contributed by atoms with Gasteiger partial charge in [0, 0.05) is 44.5 Å². The smallest absolute Gasteiger partial charge is 0.407 e. The van der Waals surface area contributed by atoms with E-state index in [-0.39, 0.29) is 17.7 Å². The molecule has 1 aliphatic heterocycles. The quantitative estimate of drug-likeness (QED) is 0.495. The molecule has 0 radical (unpaired) electrons. The van der Waals surface area contributed by atoms with Crippen molar-refractivity contribution in [2.24, 2.45) is 0 Å². The Kier molecular flexibility index (Phi) is 7.21. The highest BCUT2D eigenvalue weighted by molar-refractivity contribution is 5.82. The fourth-order valence-electron chi connectivity index (χ4n) is 5.48. The third kappa shape index (κ3) is 5.50. The van der Waals surface area contributed by atoms with E-state index in [1.54, 1.807) is 19.2 Å². The number of carbonyl (C=O) groups excluding carboxylic acids is 1. The second kappa shape index (κ2) is 10.7. The first-order chi connectivity index (χ1) is 18.0. The average molecular weight is 507 g/mol. The molecule has 2 N–H and O–H groups in total. The minimum Gasteiger partial charge on any atom is -0.493 e. The van der Waals surface area contributed by atoms with Crippen LogP contribution in [0.2, 0.25) is 0 Å². The summed E-state index contributed by atoms with van der Waals surface area (Å²) >= 11 is 0. The van der Waals surface area contributed by atoms with Gasteiger partial charge >= 0.3 is 6.09 Å². The molecule has 1 aliphatic carbocycles. The SMILES string of the molecule is COc1cc2nc(N3CCC(Cc4ccccc4)(OC(=O)NC4CCCC4)CC3)[nH]c(=O)c2cc1OC. The van der Waals surface area contributed by atoms with E-state index in [4.69, 9.17) is 19.2 Å². The van der Waals surface area contributed by atoms with Crippen LogP contribution in [0.15, 0.2) is 47.3 Å². The van der Waals surface area contributed by atoms with Crippen LogP contribution in [0.25, 0.3) is 10.9 Å². The van der Waals surface area contributed by atoms with Gasteiger partial charge in [0.05, 0.1) is 25.1 Å². The average Bonchev–Trinajstić information content (AvgIpc) is 3.41. The summed E-state index contributed by atoms with van der Waals surface area (Å²) in [5, 5.41) is 3.50. The number of carbonyl (C=O) groups is 1. The Morgan fingerprint density at radius 1 is 1.08 bits per heavy atom. The highest BCUT2D eigenvalue weighted by Crippen LogP contribution is 2.34. The number of hydrogen-bond acceptors (Lipinski definition) is 7. The van der Waals surface area contributed by atoms with E-state index in [0.29, 0.717) is 60.7 Å². The number of nitrogens with one attached hydrogen (secondary N) is 2. The zero-order chi connectivity index (χ0) is 25.8. The third-order valence-electron chi connectivity index (χ3n) is 7.53. The van der Waals surface area contributed by atoms with Gasteiger partial charge in [0.15, 0.2) is 11.5 Å². The number of fused-ring (bicyclic) bond motifs is 1. The van der Waals surface area contributed by atoms with Crippen molar-refractivity contribution in [3.05, 3.63) is 58.4 Å². The van der Waals surface area contributed by atoms with Gasteiger partial charge in [-0.3, -0.25) is 9.78 Å². The van der Waals surface area contributed by atoms with Gasteiger partial charge in [-0.15, -0.1) is 0 Å². The van der Waals surface area contributed by atoms with Crippen molar-refractivity contribution in [1.82, 2.24) is 15.3 Å². The zero-order valence-electron chi connectivity index (χ0n) is 21.4. The van der Waals surface area contributed by atoms with Crippen molar-refractivity contribution in [2.45, 2.75) is 56.6 Å². The first-order valence-corrected chi connectivity index (χ1v) is 12.9. The van der Waals surface area contributed by atoms with E-state index >= 15 is 0 Å². The molecule has 196 valence electrons. The molecule has 9 nitrogen and oxygen atoms in total. The normalized spacial score (nSPS) is 17.5. The summed E-state index contributed by atoms with van der Waals surface area (Å²) in [6.07, 6.45) is 5.84. The maximum absolute atomic E-state index is 12.9. The number of rotatable bonds is 7. The Hall–Kier alpha value is -3.75. The van der Waals surface area contributed by atoms with E-state index in [1.165, 1.54) is 7.11 Å². The van der Waals surface area contributed by atoms with E-state index in [9.17, 15) is 9.59 Å². The third-order valence-corrected chi connectivity index (χ3v) is 7.53. The molecule has 1 aromatic heterocycles. The van der Waals surface area contributed by atoms with Crippen molar-refractivity contribution in [3.8, 4) is 11.5 Å². The second-order valence-corrected chi connectivity index (χ2v) is 9.96. The molecule has 0 atom stereocenters. The van der Waals surface area contributed by atoms with Crippen molar-refractivity contribution in [1.29, 1.82) is 0 Å². The molecule has 1 saturated heterocycles. The van der Waals surface area contributed by atoms with Gasteiger partial charge in [0.25, 0.3) is 5.56 Å². The molecule has 0 spiro atoms. The van der Waals surface area contributed by atoms with Crippen molar-refractivity contribution in [3.63, 3.8) is 0 Å². The first kappa shape index (κ1) is 24.9. The van der Waals surface area contributed by atoms with Crippen LogP contribution in [0.3, 0.4) is 0 Å². The number of alkyl carbamates (subject to hydrolysis) is 1. The van der Waals surface area contributed by atoms with Gasteiger partial charge in [-0.1, -0.05) is 43.2 Å². The van der Waals surface area contributed by atoms with Crippen LogP contribution in [0.4, 0.5) is 10.7 Å². The molecular formula is C28H34N4O5. The van der Waals surface area contributed by atoms with Gasteiger partial charge in [0.1, 0.15) is 5.60 Å². The Bertz CT molecular complexity index is 1300. The number of methoxy groups -OCH3 is 2. The number of piperidine rings is 1. The molecule has 1 amide bonds. The van der Waals surface area contributed by atoms with Crippen LogP contribution in [0.5, 0.6) is 11.5 Å². The van der Waals surface area contributed by atoms with Crippen LogP contribution < -0.4 is 25.2 Å². The van der Waals surface area contributed by atoms with Crippen LogP contribution >= 0.6 is 0 Å². The van der Waals surface area contributed by atoms with Crippen molar-refractivity contribution < 1.29 is 19.0 Å². The van der Waals surface area contributed by atoms with Crippen LogP contribution in [0.1, 0.15) is 44.1 Å². The Balaban J connectivity index is 1.36. The number of aromatic amines is 1. The molecule has 2 heterocycles. The molecule has 1 saturated carbocycles. The van der Waals surface area contributed by atoms with Crippen LogP contribution in [-0.2, 0) is 11.2 Å². The Labute approximate surface area is 216 Å². The molecule has 9 heteroatoms. The summed E-state index contributed by atoms with van der Waals surface area (Å²) in [6.45, 7) is 1.18. The summed E-state index contributed by atoms with van der Waals surface area (Å²) < 4.78 is 16.9. The number of amides is 1. The molecular weight excluding hydrogens is 472 g/mol. The number of H-pyrrole nitrogens is 1. The largest absolute Gasteiger partial charge is 0.493 e. The predicted molar refractivity (Wildman–Crippen MR) is 142 cm³/mol. The predicted octanol–water partition coefficient (Wildman–Crippen LogP) is 4.19. The van der Waals surface area contributed by atoms with Gasteiger partial charge < -0.3 is 24.4 Å². The fraction of sp³-hybridized carbons (Fsp3) is 0.464. The summed E-state index contributed by atoms with van der Waals surface area (Å²) in [5.41, 5.74) is 0.788. The monoisotopic (exact) mass is 506 g/mol. The maximum Gasteiger partial charge on any atom is 0.407 e. The summed E-state index contributed by atoms with van der Waals surface area (Å²) in [4.78, 5) is 35.5. The Morgan fingerprint density at radius 3 is 2.43 bits per heavy atom. The lowest BCUT2D eigenvalue weighted by atomic mass is 9.85. The van der Waals surface area contributed by atoms with Gasteiger partial charge in [-0.2, -0.15) is 0 Å². The van der Waals surface area contributed by atoms with E-state index in [0.717, 1.165) is 31.2 Å². The highest BCUT2D eigenvalue weighted by Gasteiger charge is 2.39. The van der Waals surface area contributed by atoms with Crippen LogP contribution in [-0.4, -0.2) is 55.0 Å². The molecule has 2 aromatic carbocycles. The molecule has 5 rings (SSSR count). The number of anilines is 1. The highest BCUT2D eigenvalue weighted by atomic mass is 16.6. The fourth-order valence-corrected chi connectivity index (χ4v) is 5.48. The van der Waals surface area contributed by atoms with E-state index in [2.05, 4.69) is 22.4 Å². The minimum absolute atomic E-state index is 0.198. The molecule has 0 bridgehead atoms. The minimum atomic E-state index is -0.631.